The maximum absolute atomic E-state index is 13.0. The molecule has 0 spiro atoms. The predicted octanol–water partition coefficient (Wildman–Crippen LogP) is -1.49. The Morgan fingerprint density at radius 1 is 0.857 bits per heavy atom. The minimum atomic E-state index is -1.27. The standard InChI is InChI=1S/C23H36N6O6/c1-14(25)20(31)27-16(9-5-6-12-24)21(32)28-17(10-11-19(26)30)22(33)29-18(23(34)35)13-15-7-3-2-4-8-15/h2-4,7-8,14,16-18H,5-6,9-13,24-25H2,1H3,(H2,26,30)(H,27,31)(H,28,32)(H,29,33)(H,34,35). The average Bonchev–Trinajstić information content (AvgIpc) is 2.80. The Morgan fingerprint density at radius 3 is 1.91 bits per heavy atom. The van der Waals surface area contributed by atoms with Crippen molar-refractivity contribution in [1.29, 1.82) is 0 Å². The lowest BCUT2D eigenvalue weighted by molar-refractivity contribution is -0.142. The summed E-state index contributed by atoms with van der Waals surface area (Å²) in [6, 6.07) is 4.34. The van der Waals surface area contributed by atoms with Gasteiger partial charge in [0.1, 0.15) is 18.1 Å². The number of carboxylic acid groups (broad SMARTS) is 1. The second-order valence-corrected chi connectivity index (χ2v) is 8.29. The lowest BCUT2D eigenvalue weighted by Gasteiger charge is -2.25. The molecular weight excluding hydrogens is 456 g/mol. The number of aliphatic carboxylic acids is 1. The summed E-state index contributed by atoms with van der Waals surface area (Å²) in [6.07, 6.45) is 1.04. The molecule has 0 aromatic heterocycles. The molecule has 194 valence electrons. The molecule has 0 fully saturated rings. The number of carboxylic acids is 1. The molecule has 1 rings (SSSR count). The van der Waals surface area contributed by atoms with Crippen molar-refractivity contribution in [1.82, 2.24) is 16.0 Å². The van der Waals surface area contributed by atoms with Crippen LogP contribution in [0, 0.1) is 0 Å². The molecule has 0 heterocycles. The van der Waals surface area contributed by atoms with Gasteiger partial charge in [0.2, 0.25) is 23.6 Å². The SMILES string of the molecule is CC(N)C(=O)NC(CCCCN)C(=O)NC(CCC(N)=O)C(=O)NC(Cc1ccccc1)C(=O)O. The highest BCUT2D eigenvalue weighted by atomic mass is 16.4. The zero-order chi connectivity index (χ0) is 26.4. The van der Waals surface area contributed by atoms with Gasteiger partial charge in [-0.3, -0.25) is 19.2 Å². The Bertz CT molecular complexity index is 863. The average molecular weight is 493 g/mol. The highest BCUT2D eigenvalue weighted by molar-refractivity contribution is 5.94. The molecule has 4 amide bonds. The third kappa shape index (κ3) is 11.5. The van der Waals surface area contributed by atoms with E-state index in [2.05, 4.69) is 16.0 Å². The molecule has 0 bridgehead atoms. The summed E-state index contributed by atoms with van der Waals surface area (Å²) in [5, 5.41) is 17.0. The van der Waals surface area contributed by atoms with E-state index in [0.29, 0.717) is 24.9 Å². The van der Waals surface area contributed by atoms with Crippen molar-refractivity contribution in [3.8, 4) is 0 Å². The molecule has 0 radical (unpaired) electrons. The largest absolute Gasteiger partial charge is 0.480 e. The van der Waals surface area contributed by atoms with E-state index < -0.39 is 53.8 Å². The van der Waals surface area contributed by atoms with E-state index in [9.17, 15) is 29.1 Å². The summed E-state index contributed by atoms with van der Waals surface area (Å²) in [5.41, 5.74) is 17.0. The van der Waals surface area contributed by atoms with Crippen LogP contribution in [0.15, 0.2) is 30.3 Å². The van der Waals surface area contributed by atoms with Crippen LogP contribution in [0.4, 0.5) is 0 Å². The second kappa shape index (κ2) is 15.4. The van der Waals surface area contributed by atoms with Crippen LogP contribution in [0.1, 0.15) is 44.6 Å². The van der Waals surface area contributed by atoms with Crippen LogP contribution in [0.2, 0.25) is 0 Å². The number of rotatable bonds is 16. The first-order valence-electron chi connectivity index (χ1n) is 11.5. The van der Waals surface area contributed by atoms with Crippen LogP contribution >= 0.6 is 0 Å². The Labute approximate surface area is 204 Å². The van der Waals surface area contributed by atoms with Gasteiger partial charge in [0.15, 0.2) is 0 Å². The Kier molecular flexibility index (Phi) is 13.0. The van der Waals surface area contributed by atoms with E-state index in [1.165, 1.54) is 6.92 Å². The van der Waals surface area contributed by atoms with Crippen molar-refractivity contribution in [3.63, 3.8) is 0 Å². The van der Waals surface area contributed by atoms with Crippen molar-refractivity contribution >= 4 is 29.6 Å². The normalized spacial score (nSPS) is 14.1. The molecule has 12 heteroatoms. The van der Waals surface area contributed by atoms with Crippen molar-refractivity contribution in [2.45, 2.75) is 69.6 Å². The summed E-state index contributed by atoms with van der Waals surface area (Å²) in [5.74, 6) is -3.96. The number of carbonyl (C=O) groups is 5. The van der Waals surface area contributed by atoms with E-state index in [1.807, 2.05) is 0 Å². The molecule has 0 saturated heterocycles. The van der Waals surface area contributed by atoms with Gasteiger partial charge in [-0.2, -0.15) is 0 Å². The van der Waals surface area contributed by atoms with Gasteiger partial charge in [0.25, 0.3) is 0 Å². The fraction of sp³-hybridized carbons (Fsp3) is 0.522. The van der Waals surface area contributed by atoms with E-state index in [-0.39, 0.29) is 25.7 Å². The van der Waals surface area contributed by atoms with Crippen LogP contribution < -0.4 is 33.2 Å². The summed E-state index contributed by atoms with van der Waals surface area (Å²) in [4.78, 5) is 61.0. The number of amides is 4. The molecule has 4 unspecified atom stereocenters. The number of benzene rings is 1. The summed E-state index contributed by atoms with van der Waals surface area (Å²) in [7, 11) is 0. The number of unbranched alkanes of at least 4 members (excludes halogenated alkanes) is 1. The zero-order valence-corrected chi connectivity index (χ0v) is 19.9. The Morgan fingerprint density at radius 2 is 1.40 bits per heavy atom. The van der Waals surface area contributed by atoms with Gasteiger partial charge >= 0.3 is 5.97 Å². The second-order valence-electron chi connectivity index (χ2n) is 8.29. The highest BCUT2D eigenvalue weighted by Crippen LogP contribution is 2.07. The monoisotopic (exact) mass is 492 g/mol. The third-order valence-electron chi connectivity index (χ3n) is 5.20. The molecule has 12 nitrogen and oxygen atoms in total. The van der Waals surface area contributed by atoms with Gasteiger partial charge in [0.05, 0.1) is 6.04 Å². The lowest BCUT2D eigenvalue weighted by Crippen LogP contribution is -2.57. The maximum atomic E-state index is 13.0. The van der Waals surface area contributed by atoms with Gasteiger partial charge in [-0.05, 0) is 44.7 Å². The lowest BCUT2D eigenvalue weighted by atomic mass is 10.0. The first-order valence-corrected chi connectivity index (χ1v) is 11.5. The van der Waals surface area contributed by atoms with E-state index in [1.54, 1.807) is 30.3 Å². The van der Waals surface area contributed by atoms with Crippen molar-refractivity contribution in [2.75, 3.05) is 6.54 Å². The maximum Gasteiger partial charge on any atom is 0.326 e. The first-order chi connectivity index (χ1) is 16.5. The fourth-order valence-corrected chi connectivity index (χ4v) is 3.21. The quantitative estimate of drug-likeness (QED) is 0.134. The van der Waals surface area contributed by atoms with Crippen molar-refractivity contribution in [3.05, 3.63) is 35.9 Å². The number of primary amides is 1. The van der Waals surface area contributed by atoms with Crippen molar-refractivity contribution in [2.24, 2.45) is 17.2 Å². The molecular formula is C23H36N6O6. The minimum absolute atomic E-state index is 0.0184. The third-order valence-corrected chi connectivity index (χ3v) is 5.20. The van der Waals surface area contributed by atoms with E-state index >= 15 is 0 Å². The van der Waals surface area contributed by atoms with E-state index in [4.69, 9.17) is 17.2 Å². The van der Waals surface area contributed by atoms with Gasteiger partial charge in [-0.25, -0.2) is 4.79 Å². The first kappa shape index (κ1) is 29.5. The Balaban J connectivity index is 3.00. The van der Waals surface area contributed by atoms with Crippen LogP contribution in [-0.2, 0) is 30.4 Å². The summed E-state index contributed by atoms with van der Waals surface area (Å²) >= 11 is 0. The summed E-state index contributed by atoms with van der Waals surface area (Å²) in [6.45, 7) is 1.86. The molecule has 1 aromatic carbocycles. The number of hydrogen-bond acceptors (Lipinski definition) is 7. The zero-order valence-electron chi connectivity index (χ0n) is 19.9. The molecule has 10 N–H and O–H groups in total. The number of hydrogen-bond donors (Lipinski definition) is 7. The summed E-state index contributed by atoms with van der Waals surface area (Å²) < 4.78 is 0. The van der Waals surface area contributed by atoms with Gasteiger partial charge in [-0.15, -0.1) is 0 Å². The Hall–Kier alpha value is -3.51. The molecule has 0 saturated carbocycles. The van der Waals surface area contributed by atoms with E-state index in [0.717, 1.165) is 0 Å². The highest BCUT2D eigenvalue weighted by Gasteiger charge is 2.30. The van der Waals surface area contributed by atoms with Crippen LogP contribution in [0.25, 0.3) is 0 Å². The van der Waals surface area contributed by atoms with Gasteiger partial charge in [-0.1, -0.05) is 30.3 Å². The minimum Gasteiger partial charge on any atom is -0.480 e. The fourth-order valence-electron chi connectivity index (χ4n) is 3.21. The van der Waals surface area contributed by atoms with Gasteiger partial charge in [0, 0.05) is 12.8 Å². The van der Waals surface area contributed by atoms with Crippen LogP contribution in [0.5, 0.6) is 0 Å². The molecule has 0 aliphatic carbocycles. The predicted molar refractivity (Wildman–Crippen MR) is 129 cm³/mol. The van der Waals surface area contributed by atoms with Crippen LogP contribution in [-0.4, -0.2) is 65.4 Å². The molecule has 4 atom stereocenters. The van der Waals surface area contributed by atoms with Crippen LogP contribution in [0.3, 0.4) is 0 Å². The molecule has 1 aromatic rings. The molecule has 0 aliphatic rings. The molecule has 0 aliphatic heterocycles. The van der Waals surface area contributed by atoms with Crippen molar-refractivity contribution < 1.29 is 29.1 Å². The molecule has 35 heavy (non-hydrogen) atoms. The topological polar surface area (TPSA) is 220 Å². The number of carbonyl (C=O) groups excluding carboxylic acids is 4. The number of nitrogens with two attached hydrogens (primary N) is 3. The smallest absolute Gasteiger partial charge is 0.326 e. The van der Waals surface area contributed by atoms with Gasteiger partial charge < -0.3 is 38.3 Å². The number of nitrogens with one attached hydrogen (secondary N) is 3.